The molecule has 0 N–H and O–H groups in total. The molecule has 0 atom stereocenters. The summed E-state index contributed by atoms with van der Waals surface area (Å²) >= 11 is 0. The van der Waals surface area contributed by atoms with Crippen molar-refractivity contribution < 1.29 is 14.2 Å². The summed E-state index contributed by atoms with van der Waals surface area (Å²) in [5, 5.41) is 0. The third kappa shape index (κ3) is 9.62. The normalized spacial score (nSPS) is 12.4. The molecule has 0 radical (unpaired) electrons. The lowest BCUT2D eigenvalue weighted by atomic mass is 9.87. The monoisotopic (exact) mass is 322 g/mol. The van der Waals surface area contributed by atoms with Gasteiger partial charge in [0.15, 0.2) is 0 Å². The molecule has 0 aliphatic heterocycles. The smallest absolute Gasteiger partial charge is 0.119 e. The Morgan fingerprint density at radius 2 is 1.22 bits per heavy atom. The molecule has 0 spiro atoms. The minimum absolute atomic E-state index is 0.175. The molecule has 0 aliphatic rings. The summed E-state index contributed by atoms with van der Waals surface area (Å²) in [5.41, 5.74) is 1.82. The van der Waals surface area contributed by atoms with E-state index in [1.807, 2.05) is 12.1 Å². The second kappa shape index (κ2) is 9.29. The van der Waals surface area contributed by atoms with Crippen molar-refractivity contribution in [3.05, 3.63) is 29.8 Å². The van der Waals surface area contributed by atoms with Crippen LogP contribution < -0.4 is 4.74 Å². The van der Waals surface area contributed by atoms with Gasteiger partial charge in [0.1, 0.15) is 12.4 Å². The van der Waals surface area contributed by atoms with Crippen LogP contribution in [0, 0.1) is 5.41 Å². The van der Waals surface area contributed by atoms with Crippen LogP contribution in [0.4, 0.5) is 0 Å². The van der Waals surface area contributed by atoms with Crippen LogP contribution in [-0.4, -0.2) is 33.0 Å². The lowest BCUT2D eigenvalue weighted by Gasteiger charge is -2.19. The Kier molecular flexibility index (Phi) is 8.07. The molecule has 0 aliphatic carbocycles. The molecule has 23 heavy (non-hydrogen) atoms. The van der Waals surface area contributed by atoms with Gasteiger partial charge in [0.25, 0.3) is 0 Å². The van der Waals surface area contributed by atoms with E-state index in [-0.39, 0.29) is 5.41 Å². The average molecular weight is 322 g/mol. The molecule has 1 aromatic rings. The van der Waals surface area contributed by atoms with E-state index in [4.69, 9.17) is 14.2 Å². The van der Waals surface area contributed by atoms with Gasteiger partial charge in [0.2, 0.25) is 0 Å². The van der Waals surface area contributed by atoms with Crippen LogP contribution in [0.2, 0.25) is 0 Å². The Balaban J connectivity index is 2.05. The molecule has 0 saturated carbocycles. The van der Waals surface area contributed by atoms with E-state index in [9.17, 15) is 0 Å². The summed E-state index contributed by atoms with van der Waals surface area (Å²) in [4.78, 5) is 0. The topological polar surface area (TPSA) is 27.7 Å². The van der Waals surface area contributed by atoms with E-state index in [1.165, 1.54) is 5.56 Å². The molecule has 0 unspecified atom stereocenters. The summed E-state index contributed by atoms with van der Waals surface area (Å²) in [5.74, 6) is 0.892. The van der Waals surface area contributed by atoms with E-state index >= 15 is 0 Å². The maximum absolute atomic E-state index is 5.68. The average Bonchev–Trinajstić information content (AvgIpc) is 2.44. The summed E-state index contributed by atoms with van der Waals surface area (Å²) in [6.07, 6.45) is 1.07. The molecule has 3 nitrogen and oxygen atoms in total. The van der Waals surface area contributed by atoms with Gasteiger partial charge in [-0.25, -0.2) is 0 Å². The van der Waals surface area contributed by atoms with Crippen molar-refractivity contribution in [3.8, 4) is 5.75 Å². The zero-order chi connectivity index (χ0) is 17.3. The fourth-order valence-electron chi connectivity index (χ4n) is 1.97. The Bertz CT molecular complexity index is 424. The summed E-state index contributed by atoms with van der Waals surface area (Å²) < 4.78 is 16.7. The maximum Gasteiger partial charge on any atom is 0.119 e. The van der Waals surface area contributed by atoms with E-state index in [0.717, 1.165) is 18.8 Å². The molecule has 0 amide bonds. The van der Waals surface area contributed by atoms with Gasteiger partial charge in [-0.05, 0) is 34.9 Å². The standard InChI is InChI=1S/C20H34O3/c1-19(2,3)11-12-21-13-14-22-15-16-23-18-9-7-17(8-10-18)20(4,5)6/h7-10H,11-16H2,1-6H3. The van der Waals surface area contributed by atoms with Crippen LogP contribution in [0.1, 0.15) is 53.5 Å². The molecule has 1 rings (SSSR count). The number of ether oxygens (including phenoxy) is 3. The van der Waals surface area contributed by atoms with Gasteiger partial charge in [0.05, 0.1) is 19.8 Å². The summed E-state index contributed by atoms with van der Waals surface area (Å²) in [6.45, 7) is 16.5. The number of hydrogen-bond donors (Lipinski definition) is 0. The first kappa shape index (κ1) is 20.0. The Morgan fingerprint density at radius 1 is 0.696 bits per heavy atom. The predicted octanol–water partition coefficient (Wildman–Crippen LogP) is 4.83. The SMILES string of the molecule is CC(C)(C)CCOCCOCCOc1ccc(C(C)(C)C)cc1. The highest BCUT2D eigenvalue weighted by Gasteiger charge is 2.12. The van der Waals surface area contributed by atoms with Gasteiger partial charge in [-0.15, -0.1) is 0 Å². The van der Waals surface area contributed by atoms with Crippen molar-refractivity contribution in [2.24, 2.45) is 5.41 Å². The quantitative estimate of drug-likeness (QED) is 0.609. The Labute approximate surface area is 142 Å². The number of benzene rings is 1. The van der Waals surface area contributed by atoms with Gasteiger partial charge >= 0.3 is 0 Å². The van der Waals surface area contributed by atoms with Gasteiger partial charge in [-0.3, -0.25) is 0 Å². The molecule has 0 fully saturated rings. The molecule has 1 aromatic carbocycles. The van der Waals surface area contributed by atoms with Crippen molar-refractivity contribution in [1.82, 2.24) is 0 Å². The first-order valence-corrected chi connectivity index (χ1v) is 8.57. The summed E-state index contributed by atoms with van der Waals surface area (Å²) in [6, 6.07) is 8.30. The third-order valence-electron chi connectivity index (χ3n) is 3.59. The first-order valence-electron chi connectivity index (χ1n) is 8.57. The molecular weight excluding hydrogens is 288 g/mol. The van der Waals surface area contributed by atoms with Gasteiger partial charge < -0.3 is 14.2 Å². The van der Waals surface area contributed by atoms with Crippen molar-refractivity contribution >= 4 is 0 Å². The van der Waals surface area contributed by atoms with E-state index < -0.39 is 0 Å². The summed E-state index contributed by atoms with van der Waals surface area (Å²) in [7, 11) is 0. The van der Waals surface area contributed by atoms with Crippen molar-refractivity contribution in [3.63, 3.8) is 0 Å². The molecule has 0 bridgehead atoms. The highest BCUT2D eigenvalue weighted by molar-refractivity contribution is 5.31. The molecule has 132 valence electrons. The van der Waals surface area contributed by atoms with Gasteiger partial charge in [-0.1, -0.05) is 53.7 Å². The largest absolute Gasteiger partial charge is 0.491 e. The predicted molar refractivity (Wildman–Crippen MR) is 96.3 cm³/mol. The second-order valence-electron chi connectivity index (χ2n) is 8.16. The zero-order valence-electron chi connectivity index (χ0n) is 15.8. The van der Waals surface area contributed by atoms with Gasteiger partial charge in [-0.2, -0.15) is 0 Å². The third-order valence-corrected chi connectivity index (χ3v) is 3.59. The van der Waals surface area contributed by atoms with Crippen molar-refractivity contribution in [1.29, 1.82) is 0 Å². The van der Waals surface area contributed by atoms with Crippen molar-refractivity contribution in [2.45, 2.75) is 53.4 Å². The van der Waals surface area contributed by atoms with E-state index in [0.29, 0.717) is 31.8 Å². The Morgan fingerprint density at radius 3 is 1.74 bits per heavy atom. The van der Waals surface area contributed by atoms with Crippen LogP contribution in [0.15, 0.2) is 24.3 Å². The Hall–Kier alpha value is -1.06. The minimum Gasteiger partial charge on any atom is -0.491 e. The van der Waals surface area contributed by atoms with Crippen LogP contribution in [-0.2, 0) is 14.9 Å². The van der Waals surface area contributed by atoms with Gasteiger partial charge in [0, 0.05) is 6.61 Å². The van der Waals surface area contributed by atoms with E-state index in [2.05, 4.69) is 53.7 Å². The van der Waals surface area contributed by atoms with Crippen LogP contribution in [0.5, 0.6) is 5.75 Å². The lowest BCUT2D eigenvalue weighted by Crippen LogP contribution is -2.14. The first-order chi connectivity index (χ1) is 10.7. The lowest BCUT2D eigenvalue weighted by molar-refractivity contribution is 0.0292. The molecule has 0 aromatic heterocycles. The molecule has 0 heterocycles. The molecule has 3 heteroatoms. The van der Waals surface area contributed by atoms with Crippen LogP contribution in [0.25, 0.3) is 0 Å². The highest BCUT2D eigenvalue weighted by atomic mass is 16.5. The van der Waals surface area contributed by atoms with Crippen molar-refractivity contribution in [2.75, 3.05) is 33.0 Å². The highest BCUT2D eigenvalue weighted by Crippen LogP contribution is 2.24. The fourth-order valence-corrected chi connectivity index (χ4v) is 1.97. The van der Waals surface area contributed by atoms with Crippen LogP contribution >= 0.6 is 0 Å². The molecule has 0 saturated heterocycles. The number of hydrogen-bond acceptors (Lipinski definition) is 3. The van der Waals surface area contributed by atoms with Crippen LogP contribution in [0.3, 0.4) is 0 Å². The minimum atomic E-state index is 0.175. The number of rotatable bonds is 9. The maximum atomic E-state index is 5.68. The fraction of sp³-hybridized carbons (Fsp3) is 0.700. The second-order valence-corrected chi connectivity index (χ2v) is 8.16. The molecular formula is C20H34O3. The zero-order valence-corrected chi connectivity index (χ0v) is 15.8. The van der Waals surface area contributed by atoms with E-state index in [1.54, 1.807) is 0 Å².